The second kappa shape index (κ2) is 6.02. The normalized spacial score (nSPS) is 13.1. The minimum absolute atomic E-state index is 0.0495. The van der Waals surface area contributed by atoms with Crippen LogP contribution in [0, 0.1) is 0 Å². The number of para-hydroxylation sites is 1. The van der Waals surface area contributed by atoms with Gasteiger partial charge in [-0.3, -0.25) is 4.79 Å². The van der Waals surface area contributed by atoms with Gasteiger partial charge in [0, 0.05) is 29.8 Å². The molecule has 0 saturated carbocycles. The second-order valence-corrected chi connectivity index (χ2v) is 6.51. The lowest BCUT2D eigenvalue weighted by Crippen LogP contribution is -2.17. The first kappa shape index (κ1) is 15.7. The van der Waals surface area contributed by atoms with Crippen LogP contribution in [0.25, 0.3) is 22.2 Å². The molecular weight excluding hydrogens is 342 g/mol. The molecule has 0 fully saturated rings. The number of benzene rings is 2. The van der Waals surface area contributed by atoms with E-state index in [1.165, 1.54) is 12.0 Å². The Hall–Kier alpha value is -3.54. The molecule has 1 N–H and O–H groups in total. The van der Waals surface area contributed by atoms with E-state index in [1.807, 2.05) is 18.2 Å². The van der Waals surface area contributed by atoms with Crippen molar-refractivity contribution in [3.05, 3.63) is 70.8 Å². The molecule has 0 spiro atoms. The van der Waals surface area contributed by atoms with Crippen LogP contribution in [0.5, 0.6) is 5.75 Å². The van der Waals surface area contributed by atoms with E-state index in [4.69, 9.17) is 9.15 Å². The number of nitrogens with zero attached hydrogens (tertiary/aromatic N) is 2. The Labute approximate surface area is 155 Å². The molecule has 2 aromatic heterocycles. The van der Waals surface area contributed by atoms with Crippen molar-refractivity contribution >= 4 is 22.4 Å². The lowest BCUT2D eigenvalue weighted by Gasteiger charge is -2.20. The van der Waals surface area contributed by atoms with Gasteiger partial charge in [0.2, 0.25) is 0 Å². The van der Waals surface area contributed by atoms with Crippen molar-refractivity contribution < 1.29 is 9.15 Å². The summed E-state index contributed by atoms with van der Waals surface area (Å²) >= 11 is 0. The van der Waals surface area contributed by atoms with Gasteiger partial charge < -0.3 is 19.0 Å². The summed E-state index contributed by atoms with van der Waals surface area (Å²) in [5.41, 5.74) is 3.80. The van der Waals surface area contributed by atoms with Gasteiger partial charge in [-0.15, -0.1) is 0 Å². The molecule has 0 bridgehead atoms. The predicted molar refractivity (Wildman–Crippen MR) is 104 cm³/mol. The smallest absolute Gasteiger partial charge is 0.191 e. The zero-order valence-electron chi connectivity index (χ0n) is 14.7. The van der Waals surface area contributed by atoms with Crippen molar-refractivity contribution in [2.24, 2.45) is 0 Å². The first-order chi connectivity index (χ1) is 13.2. The summed E-state index contributed by atoms with van der Waals surface area (Å²) in [5.74, 6) is 1.96. The highest BCUT2D eigenvalue weighted by molar-refractivity contribution is 5.88. The van der Waals surface area contributed by atoms with Crippen LogP contribution in [0.15, 0.2) is 64.3 Å². The lowest BCUT2D eigenvalue weighted by molar-refractivity contribution is 0.415. The number of ether oxygens (including phenoxy) is 1. The highest BCUT2D eigenvalue weighted by atomic mass is 16.5. The van der Waals surface area contributed by atoms with Gasteiger partial charge in [0.05, 0.1) is 24.4 Å². The van der Waals surface area contributed by atoms with E-state index < -0.39 is 0 Å². The number of H-pyrrole nitrogens is 1. The molecule has 6 heteroatoms. The molecule has 0 radical (unpaired) electrons. The van der Waals surface area contributed by atoms with Crippen LogP contribution in [0.1, 0.15) is 5.56 Å². The number of rotatable bonds is 3. The van der Waals surface area contributed by atoms with Crippen LogP contribution in [0.3, 0.4) is 0 Å². The fourth-order valence-electron chi connectivity index (χ4n) is 3.71. The number of aromatic amines is 1. The minimum Gasteiger partial charge on any atom is -0.496 e. The maximum Gasteiger partial charge on any atom is 0.191 e. The maximum atomic E-state index is 12.9. The minimum atomic E-state index is -0.0495. The van der Waals surface area contributed by atoms with Crippen LogP contribution in [0.4, 0.5) is 11.5 Å². The number of fused-ring (bicyclic) bond motifs is 2. The van der Waals surface area contributed by atoms with Gasteiger partial charge >= 0.3 is 0 Å². The number of aromatic nitrogens is 2. The molecule has 27 heavy (non-hydrogen) atoms. The average Bonchev–Trinajstić information content (AvgIpc) is 3.37. The van der Waals surface area contributed by atoms with E-state index in [-0.39, 0.29) is 5.43 Å². The molecule has 1 aliphatic rings. The van der Waals surface area contributed by atoms with Crippen molar-refractivity contribution in [3.8, 4) is 17.1 Å². The molecule has 1 aliphatic heterocycles. The third-order valence-electron chi connectivity index (χ3n) is 5.01. The lowest BCUT2D eigenvalue weighted by atomic mass is 10.1. The van der Waals surface area contributed by atoms with Crippen LogP contribution < -0.4 is 15.1 Å². The Morgan fingerprint density at radius 1 is 1.22 bits per heavy atom. The van der Waals surface area contributed by atoms with Crippen LogP contribution >= 0.6 is 0 Å². The molecule has 5 rings (SSSR count). The molecule has 3 heterocycles. The molecule has 2 aromatic carbocycles. The third kappa shape index (κ3) is 2.49. The van der Waals surface area contributed by atoms with Gasteiger partial charge in [0.1, 0.15) is 11.6 Å². The van der Waals surface area contributed by atoms with Gasteiger partial charge in [-0.2, -0.15) is 0 Å². The Morgan fingerprint density at radius 3 is 2.93 bits per heavy atom. The monoisotopic (exact) mass is 359 g/mol. The number of anilines is 2. The van der Waals surface area contributed by atoms with E-state index in [2.05, 4.69) is 27.0 Å². The predicted octanol–water partition coefficient (Wildman–Crippen LogP) is 3.89. The fraction of sp³-hybridized carbons (Fsp3) is 0.143. The van der Waals surface area contributed by atoms with Crippen LogP contribution in [-0.4, -0.2) is 23.6 Å². The summed E-state index contributed by atoms with van der Waals surface area (Å²) in [5, 5.41) is 0.582. The fourth-order valence-corrected chi connectivity index (χ4v) is 3.71. The standard InChI is InChI=1S/C21H17N3O3/c1-26-19-9-16-14(8-15(19)20-11-22-12-27-20)18(25)10-21(23-16)24-7-6-13-4-2-3-5-17(13)24/h2-5,8-12H,6-7H2,1H3,(H,23,25). The van der Waals surface area contributed by atoms with E-state index >= 15 is 0 Å². The SMILES string of the molecule is COc1cc2[nH]c(N3CCc4ccccc43)cc(=O)c2cc1-c1cnco1. The Kier molecular flexibility index (Phi) is 3.50. The summed E-state index contributed by atoms with van der Waals surface area (Å²) < 4.78 is 10.9. The summed E-state index contributed by atoms with van der Waals surface area (Å²) in [6.07, 6.45) is 3.93. The van der Waals surface area contributed by atoms with E-state index in [0.29, 0.717) is 22.5 Å². The van der Waals surface area contributed by atoms with Crippen molar-refractivity contribution in [3.63, 3.8) is 0 Å². The summed E-state index contributed by atoms with van der Waals surface area (Å²) in [4.78, 5) is 22.3. The number of hydrogen-bond acceptors (Lipinski definition) is 5. The molecule has 0 aliphatic carbocycles. The number of hydrogen-bond donors (Lipinski definition) is 1. The second-order valence-electron chi connectivity index (χ2n) is 6.51. The Morgan fingerprint density at radius 2 is 2.11 bits per heavy atom. The average molecular weight is 359 g/mol. The topological polar surface area (TPSA) is 71.4 Å². The molecule has 0 atom stereocenters. The number of nitrogens with one attached hydrogen (secondary N) is 1. The van der Waals surface area contributed by atoms with Crippen LogP contribution in [0.2, 0.25) is 0 Å². The zero-order chi connectivity index (χ0) is 18.4. The summed E-state index contributed by atoms with van der Waals surface area (Å²) in [6.45, 7) is 0.841. The van der Waals surface area contributed by atoms with Gasteiger partial charge in [-0.25, -0.2) is 4.98 Å². The van der Waals surface area contributed by atoms with E-state index in [0.717, 1.165) is 30.0 Å². The zero-order valence-corrected chi connectivity index (χ0v) is 14.7. The number of pyridine rings is 1. The van der Waals surface area contributed by atoms with Crippen LogP contribution in [-0.2, 0) is 6.42 Å². The van der Waals surface area contributed by atoms with Crippen molar-refractivity contribution in [2.75, 3.05) is 18.6 Å². The third-order valence-corrected chi connectivity index (χ3v) is 5.01. The van der Waals surface area contributed by atoms with Crippen molar-refractivity contribution in [1.29, 1.82) is 0 Å². The van der Waals surface area contributed by atoms with E-state index in [9.17, 15) is 4.79 Å². The molecule has 6 nitrogen and oxygen atoms in total. The van der Waals surface area contributed by atoms with Crippen molar-refractivity contribution in [1.82, 2.24) is 9.97 Å². The molecule has 4 aromatic rings. The quantitative estimate of drug-likeness (QED) is 0.601. The van der Waals surface area contributed by atoms with Gasteiger partial charge in [0.25, 0.3) is 0 Å². The van der Waals surface area contributed by atoms with Gasteiger partial charge in [-0.1, -0.05) is 18.2 Å². The van der Waals surface area contributed by atoms with Crippen molar-refractivity contribution in [2.45, 2.75) is 6.42 Å². The molecular formula is C21H17N3O3. The summed E-state index contributed by atoms with van der Waals surface area (Å²) in [6, 6.07) is 13.5. The first-order valence-corrected chi connectivity index (χ1v) is 8.74. The first-order valence-electron chi connectivity index (χ1n) is 8.74. The maximum absolute atomic E-state index is 12.9. The van der Waals surface area contributed by atoms with Gasteiger partial charge in [0.15, 0.2) is 17.6 Å². The molecule has 0 saturated heterocycles. The Bertz CT molecular complexity index is 1200. The highest BCUT2D eigenvalue weighted by Crippen LogP contribution is 2.36. The number of oxazole rings is 1. The molecule has 134 valence electrons. The summed E-state index contributed by atoms with van der Waals surface area (Å²) in [7, 11) is 1.60. The van der Waals surface area contributed by atoms with Gasteiger partial charge in [-0.05, 0) is 24.1 Å². The largest absolute Gasteiger partial charge is 0.496 e. The van der Waals surface area contributed by atoms with E-state index in [1.54, 1.807) is 25.4 Å². The number of methoxy groups -OCH3 is 1. The molecule has 0 amide bonds. The molecule has 0 unspecified atom stereocenters. The Balaban J connectivity index is 1.68. The highest BCUT2D eigenvalue weighted by Gasteiger charge is 2.21.